The number of aromatic nitrogens is 2. The van der Waals surface area contributed by atoms with Gasteiger partial charge in [0.1, 0.15) is 28.3 Å². The molecule has 1 fully saturated rings. The van der Waals surface area contributed by atoms with Crippen LogP contribution in [0.15, 0.2) is 36.7 Å². The van der Waals surface area contributed by atoms with Crippen molar-refractivity contribution in [3.8, 4) is 5.75 Å². The zero-order valence-electron chi connectivity index (χ0n) is 21.8. The highest BCUT2D eigenvalue weighted by molar-refractivity contribution is 6.32. The van der Waals surface area contributed by atoms with E-state index in [0.29, 0.717) is 36.1 Å². The lowest BCUT2D eigenvalue weighted by atomic mass is 10.0. The molecular formula is C27H34ClN5O4. The first kappa shape index (κ1) is 26.9. The molecular weight excluding hydrogens is 494 g/mol. The van der Waals surface area contributed by atoms with Gasteiger partial charge in [-0.05, 0) is 57.9 Å². The van der Waals surface area contributed by atoms with Crippen LogP contribution >= 0.6 is 11.6 Å². The first-order valence-corrected chi connectivity index (χ1v) is 12.9. The molecule has 0 aromatic carbocycles. The number of nitrogens with one attached hydrogen (secondary N) is 1. The number of carbonyl (C=O) groups excluding carboxylic acids is 2. The SMILES string of the molecule is CN1CCC(Oc2cc(NC(=O)Cc3ccc(C4=CCN(C(=O)OC(C)(C)C)CC4)nc3)ncc2Cl)C1. The van der Waals surface area contributed by atoms with Gasteiger partial charge in [-0.15, -0.1) is 0 Å². The van der Waals surface area contributed by atoms with Gasteiger partial charge in [0.25, 0.3) is 0 Å². The van der Waals surface area contributed by atoms with Gasteiger partial charge in [-0.3, -0.25) is 9.78 Å². The van der Waals surface area contributed by atoms with Crippen LogP contribution in [0.3, 0.4) is 0 Å². The molecule has 0 saturated carbocycles. The number of hydrogen-bond acceptors (Lipinski definition) is 7. The third-order valence-electron chi connectivity index (χ3n) is 6.11. The van der Waals surface area contributed by atoms with E-state index in [2.05, 4.69) is 27.2 Å². The number of rotatable bonds is 6. The van der Waals surface area contributed by atoms with E-state index in [1.165, 1.54) is 6.20 Å². The summed E-state index contributed by atoms with van der Waals surface area (Å²) in [6, 6.07) is 5.46. The van der Waals surface area contributed by atoms with Crippen LogP contribution < -0.4 is 10.1 Å². The van der Waals surface area contributed by atoms with Gasteiger partial charge in [0.2, 0.25) is 5.91 Å². The molecule has 2 aromatic rings. The Labute approximate surface area is 222 Å². The van der Waals surface area contributed by atoms with Crippen molar-refractivity contribution in [2.45, 2.75) is 51.7 Å². The van der Waals surface area contributed by atoms with Gasteiger partial charge in [0.15, 0.2) is 0 Å². The van der Waals surface area contributed by atoms with E-state index in [1.54, 1.807) is 17.2 Å². The summed E-state index contributed by atoms with van der Waals surface area (Å²) in [5, 5.41) is 3.23. The van der Waals surface area contributed by atoms with E-state index in [0.717, 1.165) is 36.3 Å². The van der Waals surface area contributed by atoms with Crippen molar-refractivity contribution in [1.82, 2.24) is 19.8 Å². The maximum absolute atomic E-state index is 12.6. The second kappa shape index (κ2) is 11.5. The number of pyridine rings is 2. The number of ether oxygens (including phenoxy) is 2. The molecule has 0 bridgehead atoms. The topological polar surface area (TPSA) is 96.9 Å². The highest BCUT2D eigenvalue weighted by atomic mass is 35.5. The second-order valence-electron chi connectivity index (χ2n) is 10.5. The van der Waals surface area contributed by atoms with E-state index < -0.39 is 5.60 Å². The summed E-state index contributed by atoms with van der Waals surface area (Å²) in [6.07, 6.45) is 6.73. The van der Waals surface area contributed by atoms with Gasteiger partial charge in [-0.25, -0.2) is 9.78 Å². The number of hydrogen-bond donors (Lipinski definition) is 1. The van der Waals surface area contributed by atoms with Crippen LogP contribution in [-0.2, 0) is 16.0 Å². The number of likely N-dealkylation sites (tertiary alicyclic amines) is 1. The first-order chi connectivity index (χ1) is 17.6. The fourth-order valence-electron chi connectivity index (χ4n) is 4.23. The van der Waals surface area contributed by atoms with Gasteiger partial charge in [0, 0.05) is 38.4 Å². The van der Waals surface area contributed by atoms with Crippen molar-refractivity contribution < 1.29 is 19.1 Å². The molecule has 0 spiro atoms. The van der Waals surface area contributed by atoms with E-state index >= 15 is 0 Å². The summed E-state index contributed by atoms with van der Waals surface area (Å²) in [4.78, 5) is 37.5. The molecule has 1 atom stereocenters. The van der Waals surface area contributed by atoms with Crippen molar-refractivity contribution in [3.05, 3.63) is 52.9 Å². The summed E-state index contributed by atoms with van der Waals surface area (Å²) in [5.74, 6) is 0.701. The molecule has 198 valence electrons. The van der Waals surface area contributed by atoms with Gasteiger partial charge in [-0.1, -0.05) is 23.7 Å². The third kappa shape index (κ3) is 7.66. The molecule has 2 aromatic heterocycles. The van der Waals surface area contributed by atoms with E-state index in [4.69, 9.17) is 21.1 Å². The fourth-order valence-corrected chi connectivity index (χ4v) is 4.38. The predicted octanol–water partition coefficient (Wildman–Crippen LogP) is 4.42. The number of carbonyl (C=O) groups is 2. The maximum atomic E-state index is 12.6. The number of likely N-dealkylation sites (N-methyl/N-ethyl adjacent to an activating group) is 1. The molecule has 1 unspecified atom stereocenters. The Kier molecular flexibility index (Phi) is 8.34. The summed E-state index contributed by atoms with van der Waals surface area (Å²) in [7, 11) is 2.05. The molecule has 4 rings (SSSR count). The van der Waals surface area contributed by atoms with Crippen LogP contribution in [-0.4, -0.2) is 76.7 Å². The standard InChI is InChI=1S/C27H34ClN5O4/c1-27(2,3)37-26(35)33-11-7-19(8-12-33)22-6-5-18(15-29-22)13-25(34)31-24-14-23(21(28)16-30-24)36-20-9-10-32(4)17-20/h5-7,14-16,20H,8-13,17H2,1-4H3,(H,30,31,34). The van der Waals surface area contributed by atoms with Crippen molar-refractivity contribution in [2.75, 3.05) is 38.5 Å². The number of anilines is 1. The van der Waals surface area contributed by atoms with Crippen molar-refractivity contribution >= 4 is 35.0 Å². The number of halogens is 1. The van der Waals surface area contributed by atoms with Crippen LogP contribution in [0.1, 0.15) is 44.9 Å². The Hall–Kier alpha value is -3.17. The highest BCUT2D eigenvalue weighted by Gasteiger charge is 2.24. The van der Waals surface area contributed by atoms with Crippen molar-refractivity contribution in [2.24, 2.45) is 0 Å². The molecule has 1 saturated heterocycles. The Morgan fingerprint density at radius 3 is 2.62 bits per heavy atom. The number of amides is 2. The molecule has 1 N–H and O–H groups in total. The first-order valence-electron chi connectivity index (χ1n) is 12.5. The van der Waals surface area contributed by atoms with Gasteiger partial charge in [-0.2, -0.15) is 0 Å². The predicted molar refractivity (Wildman–Crippen MR) is 143 cm³/mol. The van der Waals surface area contributed by atoms with Crippen LogP contribution in [0.25, 0.3) is 5.57 Å². The Morgan fingerprint density at radius 2 is 2.00 bits per heavy atom. The molecule has 9 nitrogen and oxygen atoms in total. The van der Waals surface area contributed by atoms with Gasteiger partial charge < -0.3 is 24.6 Å². The van der Waals surface area contributed by atoms with E-state index in [9.17, 15) is 9.59 Å². The summed E-state index contributed by atoms with van der Waals surface area (Å²) >= 11 is 6.25. The summed E-state index contributed by atoms with van der Waals surface area (Å²) in [6.45, 7) is 8.44. The Balaban J connectivity index is 1.30. The monoisotopic (exact) mass is 527 g/mol. The van der Waals surface area contributed by atoms with Crippen molar-refractivity contribution in [1.29, 1.82) is 0 Å². The Morgan fingerprint density at radius 1 is 1.19 bits per heavy atom. The largest absolute Gasteiger partial charge is 0.487 e. The smallest absolute Gasteiger partial charge is 0.410 e. The van der Waals surface area contributed by atoms with Crippen LogP contribution in [0.4, 0.5) is 10.6 Å². The van der Waals surface area contributed by atoms with Crippen LogP contribution in [0.5, 0.6) is 5.75 Å². The summed E-state index contributed by atoms with van der Waals surface area (Å²) < 4.78 is 11.5. The normalized spacial score (nSPS) is 18.4. The minimum absolute atomic E-state index is 0.0673. The average Bonchev–Trinajstić information content (AvgIpc) is 3.25. The molecule has 10 heteroatoms. The third-order valence-corrected chi connectivity index (χ3v) is 6.39. The zero-order chi connectivity index (χ0) is 26.6. The lowest BCUT2D eigenvalue weighted by molar-refractivity contribution is -0.115. The molecule has 0 aliphatic carbocycles. The lowest BCUT2D eigenvalue weighted by Gasteiger charge is -2.29. The van der Waals surface area contributed by atoms with E-state index in [1.807, 2.05) is 39.0 Å². The van der Waals surface area contributed by atoms with E-state index in [-0.39, 0.29) is 24.5 Å². The maximum Gasteiger partial charge on any atom is 0.410 e. The van der Waals surface area contributed by atoms with Crippen molar-refractivity contribution in [3.63, 3.8) is 0 Å². The quantitative estimate of drug-likeness (QED) is 0.594. The highest BCUT2D eigenvalue weighted by Crippen LogP contribution is 2.29. The minimum atomic E-state index is -0.517. The molecule has 2 aliphatic rings. The van der Waals surface area contributed by atoms with Gasteiger partial charge in [0.05, 0.1) is 18.3 Å². The molecule has 37 heavy (non-hydrogen) atoms. The lowest BCUT2D eigenvalue weighted by Crippen LogP contribution is -2.39. The second-order valence-corrected chi connectivity index (χ2v) is 10.9. The minimum Gasteiger partial charge on any atom is -0.487 e. The van der Waals surface area contributed by atoms with Crippen LogP contribution in [0.2, 0.25) is 5.02 Å². The molecule has 0 radical (unpaired) electrons. The van der Waals surface area contributed by atoms with Crippen LogP contribution in [0, 0.1) is 0 Å². The average molecular weight is 528 g/mol. The summed E-state index contributed by atoms with van der Waals surface area (Å²) in [5.41, 5.74) is 2.18. The van der Waals surface area contributed by atoms with Gasteiger partial charge >= 0.3 is 6.09 Å². The fraction of sp³-hybridized carbons (Fsp3) is 0.481. The molecule has 2 amide bonds. The molecule has 2 aliphatic heterocycles. The Bertz CT molecular complexity index is 1160. The molecule has 4 heterocycles. The number of nitrogens with zero attached hydrogens (tertiary/aromatic N) is 4. The zero-order valence-corrected chi connectivity index (χ0v) is 22.5.